The standard InChI is InChI=1S/C15H21N3O3/c1-15(10-19,11-20)9-18(2)8-13-16-14(21-17-13)12-6-4-3-5-7-12/h3-7,19-20H,8-11H2,1-2H3. The summed E-state index contributed by atoms with van der Waals surface area (Å²) in [5.41, 5.74) is 0.343. The molecule has 0 saturated heterocycles. The largest absolute Gasteiger partial charge is 0.396 e. The van der Waals surface area contributed by atoms with Crippen LogP contribution in [0.3, 0.4) is 0 Å². The van der Waals surface area contributed by atoms with Crippen molar-refractivity contribution < 1.29 is 14.7 Å². The van der Waals surface area contributed by atoms with Gasteiger partial charge in [0.25, 0.3) is 5.89 Å². The zero-order valence-corrected chi connectivity index (χ0v) is 12.4. The van der Waals surface area contributed by atoms with Gasteiger partial charge in [-0.3, -0.25) is 4.90 Å². The molecule has 1 heterocycles. The molecule has 0 radical (unpaired) electrons. The number of hydrogen-bond donors (Lipinski definition) is 2. The maximum absolute atomic E-state index is 9.32. The van der Waals surface area contributed by atoms with E-state index in [0.29, 0.717) is 24.8 Å². The van der Waals surface area contributed by atoms with Gasteiger partial charge in [0.15, 0.2) is 5.82 Å². The average molecular weight is 291 g/mol. The van der Waals surface area contributed by atoms with E-state index in [1.807, 2.05) is 49.2 Å². The fourth-order valence-corrected chi connectivity index (χ4v) is 2.12. The Hall–Kier alpha value is -1.76. The highest BCUT2D eigenvalue weighted by Crippen LogP contribution is 2.18. The van der Waals surface area contributed by atoms with E-state index < -0.39 is 5.41 Å². The van der Waals surface area contributed by atoms with Crippen LogP contribution in [0.4, 0.5) is 0 Å². The van der Waals surface area contributed by atoms with Crippen LogP contribution in [0.1, 0.15) is 12.7 Å². The molecular weight excluding hydrogens is 270 g/mol. The normalized spacial score (nSPS) is 12.0. The van der Waals surface area contributed by atoms with E-state index in [1.165, 1.54) is 0 Å². The number of aromatic nitrogens is 2. The monoisotopic (exact) mass is 291 g/mol. The van der Waals surface area contributed by atoms with E-state index in [4.69, 9.17) is 4.52 Å². The lowest BCUT2D eigenvalue weighted by Gasteiger charge is -2.29. The molecule has 0 saturated carbocycles. The molecule has 0 aliphatic carbocycles. The summed E-state index contributed by atoms with van der Waals surface area (Å²) in [6.07, 6.45) is 0. The maximum Gasteiger partial charge on any atom is 0.257 e. The molecule has 2 aromatic rings. The molecule has 21 heavy (non-hydrogen) atoms. The maximum atomic E-state index is 9.32. The van der Waals surface area contributed by atoms with E-state index in [1.54, 1.807) is 0 Å². The van der Waals surface area contributed by atoms with Gasteiger partial charge in [-0.15, -0.1) is 0 Å². The molecular formula is C15H21N3O3. The van der Waals surface area contributed by atoms with Gasteiger partial charge in [-0.2, -0.15) is 4.98 Å². The smallest absolute Gasteiger partial charge is 0.257 e. The number of rotatable bonds is 7. The van der Waals surface area contributed by atoms with E-state index in [2.05, 4.69) is 10.1 Å². The first-order valence-electron chi connectivity index (χ1n) is 6.84. The van der Waals surface area contributed by atoms with Crippen molar-refractivity contribution in [1.82, 2.24) is 15.0 Å². The molecule has 0 spiro atoms. The first-order chi connectivity index (χ1) is 10.1. The van der Waals surface area contributed by atoms with Gasteiger partial charge >= 0.3 is 0 Å². The zero-order chi connectivity index (χ0) is 15.3. The number of aliphatic hydroxyl groups excluding tert-OH is 2. The Kier molecular flexibility index (Phi) is 5.06. The van der Waals surface area contributed by atoms with E-state index in [9.17, 15) is 10.2 Å². The second-order valence-corrected chi connectivity index (χ2v) is 5.68. The second-order valence-electron chi connectivity index (χ2n) is 5.68. The van der Waals surface area contributed by atoms with Crippen molar-refractivity contribution in [1.29, 1.82) is 0 Å². The molecule has 1 aromatic carbocycles. The van der Waals surface area contributed by atoms with Gasteiger partial charge in [-0.05, 0) is 19.2 Å². The Balaban J connectivity index is 1.99. The van der Waals surface area contributed by atoms with Crippen LogP contribution in [-0.2, 0) is 6.54 Å². The van der Waals surface area contributed by atoms with Crippen LogP contribution in [0.15, 0.2) is 34.9 Å². The summed E-state index contributed by atoms with van der Waals surface area (Å²) < 4.78 is 5.25. The third kappa shape index (κ3) is 4.10. The summed E-state index contributed by atoms with van der Waals surface area (Å²) in [5, 5.41) is 22.6. The van der Waals surface area contributed by atoms with Gasteiger partial charge in [0.05, 0.1) is 19.8 Å². The summed E-state index contributed by atoms with van der Waals surface area (Å²) in [6, 6.07) is 9.59. The highest BCUT2D eigenvalue weighted by Gasteiger charge is 2.25. The molecule has 6 nitrogen and oxygen atoms in total. The fourth-order valence-electron chi connectivity index (χ4n) is 2.12. The van der Waals surface area contributed by atoms with Crippen LogP contribution in [0.2, 0.25) is 0 Å². The second kappa shape index (κ2) is 6.80. The minimum absolute atomic E-state index is 0.0741. The number of benzene rings is 1. The summed E-state index contributed by atoms with van der Waals surface area (Å²) in [6.45, 7) is 2.71. The number of aliphatic hydroxyl groups is 2. The molecule has 0 fully saturated rings. The molecule has 0 unspecified atom stereocenters. The highest BCUT2D eigenvalue weighted by atomic mass is 16.5. The first kappa shape index (κ1) is 15.6. The van der Waals surface area contributed by atoms with Gasteiger partial charge in [0.2, 0.25) is 0 Å². The van der Waals surface area contributed by atoms with Crippen molar-refractivity contribution >= 4 is 0 Å². The third-order valence-electron chi connectivity index (χ3n) is 3.32. The minimum atomic E-state index is -0.541. The summed E-state index contributed by atoms with van der Waals surface area (Å²) >= 11 is 0. The molecule has 0 bridgehead atoms. The predicted octanol–water partition coefficient (Wildman–Crippen LogP) is 1.16. The van der Waals surface area contributed by atoms with Crippen LogP contribution in [0.25, 0.3) is 11.5 Å². The van der Waals surface area contributed by atoms with Gasteiger partial charge in [-0.25, -0.2) is 0 Å². The molecule has 114 valence electrons. The third-order valence-corrected chi connectivity index (χ3v) is 3.32. The molecule has 6 heteroatoms. The van der Waals surface area contributed by atoms with Crippen LogP contribution >= 0.6 is 0 Å². The first-order valence-corrected chi connectivity index (χ1v) is 6.84. The Morgan fingerprint density at radius 3 is 2.48 bits per heavy atom. The lowest BCUT2D eigenvalue weighted by Crippen LogP contribution is -2.38. The van der Waals surface area contributed by atoms with Crippen LogP contribution in [0, 0.1) is 5.41 Å². The zero-order valence-electron chi connectivity index (χ0n) is 12.4. The van der Waals surface area contributed by atoms with Crippen LogP contribution in [-0.4, -0.2) is 52.1 Å². The minimum Gasteiger partial charge on any atom is -0.396 e. The van der Waals surface area contributed by atoms with Crippen molar-refractivity contribution in [2.24, 2.45) is 5.41 Å². The van der Waals surface area contributed by atoms with Crippen molar-refractivity contribution in [2.75, 3.05) is 26.8 Å². The average Bonchev–Trinajstić information content (AvgIpc) is 2.96. The number of hydrogen-bond acceptors (Lipinski definition) is 6. The van der Waals surface area contributed by atoms with Crippen molar-refractivity contribution in [3.8, 4) is 11.5 Å². The molecule has 1 aromatic heterocycles. The van der Waals surface area contributed by atoms with Crippen LogP contribution < -0.4 is 0 Å². The number of nitrogens with zero attached hydrogens (tertiary/aromatic N) is 3. The summed E-state index contributed by atoms with van der Waals surface area (Å²) in [5.74, 6) is 1.07. The molecule has 0 aliphatic rings. The molecule has 0 aliphatic heterocycles. The summed E-state index contributed by atoms with van der Waals surface area (Å²) in [4.78, 5) is 6.31. The van der Waals surface area contributed by atoms with Crippen molar-refractivity contribution in [3.05, 3.63) is 36.2 Å². The molecule has 0 amide bonds. The Morgan fingerprint density at radius 1 is 1.19 bits per heavy atom. The van der Waals surface area contributed by atoms with E-state index >= 15 is 0 Å². The van der Waals surface area contributed by atoms with Crippen molar-refractivity contribution in [2.45, 2.75) is 13.5 Å². The quantitative estimate of drug-likeness (QED) is 0.796. The van der Waals surface area contributed by atoms with E-state index in [0.717, 1.165) is 5.56 Å². The topological polar surface area (TPSA) is 82.6 Å². The SMILES string of the molecule is CN(Cc1noc(-c2ccccc2)n1)CC(C)(CO)CO. The van der Waals surface area contributed by atoms with Crippen LogP contribution in [0.5, 0.6) is 0 Å². The molecule has 2 N–H and O–H groups in total. The highest BCUT2D eigenvalue weighted by molar-refractivity contribution is 5.51. The van der Waals surface area contributed by atoms with Crippen molar-refractivity contribution in [3.63, 3.8) is 0 Å². The van der Waals surface area contributed by atoms with Gasteiger partial charge in [-0.1, -0.05) is 30.3 Å². The Labute approximate surface area is 124 Å². The van der Waals surface area contributed by atoms with Gasteiger partial charge in [0, 0.05) is 17.5 Å². The fraction of sp³-hybridized carbons (Fsp3) is 0.467. The van der Waals surface area contributed by atoms with E-state index in [-0.39, 0.29) is 13.2 Å². The lowest BCUT2D eigenvalue weighted by molar-refractivity contribution is 0.0394. The Morgan fingerprint density at radius 2 is 1.86 bits per heavy atom. The Bertz CT molecular complexity index is 552. The van der Waals surface area contributed by atoms with Gasteiger partial charge < -0.3 is 14.7 Å². The predicted molar refractivity (Wildman–Crippen MR) is 78.3 cm³/mol. The molecule has 0 atom stereocenters. The summed E-state index contributed by atoms with van der Waals surface area (Å²) in [7, 11) is 1.89. The lowest BCUT2D eigenvalue weighted by atomic mass is 9.92. The molecule has 2 rings (SSSR count). The van der Waals surface area contributed by atoms with Gasteiger partial charge in [0.1, 0.15) is 0 Å².